The van der Waals surface area contributed by atoms with Gasteiger partial charge in [-0.25, -0.2) is 4.68 Å². The Balaban J connectivity index is 1.47. The first kappa shape index (κ1) is 24.7. The van der Waals surface area contributed by atoms with E-state index in [0.29, 0.717) is 44.5 Å². The van der Waals surface area contributed by atoms with Crippen LogP contribution in [0.3, 0.4) is 0 Å². The number of carbonyl (C=O) groups is 1. The molecule has 2 heterocycles. The number of carbonyl (C=O) groups excluding carboxylic acids is 1. The van der Waals surface area contributed by atoms with Gasteiger partial charge in [0.2, 0.25) is 5.95 Å². The number of aromatic nitrogens is 3. The highest BCUT2D eigenvalue weighted by molar-refractivity contribution is 6.31. The van der Waals surface area contributed by atoms with E-state index in [0.717, 1.165) is 11.1 Å². The van der Waals surface area contributed by atoms with Crippen LogP contribution in [0, 0.1) is 0 Å². The third-order valence-electron chi connectivity index (χ3n) is 5.99. The number of anilines is 2. The highest BCUT2D eigenvalue weighted by Gasteiger charge is 2.34. The number of nitrogens with zero attached hydrogens (tertiary/aromatic N) is 3. The van der Waals surface area contributed by atoms with Crippen LogP contribution in [0.1, 0.15) is 24.1 Å². The first-order valence-electron chi connectivity index (χ1n) is 11.4. The van der Waals surface area contributed by atoms with Crippen molar-refractivity contribution in [1.82, 2.24) is 14.8 Å². The first-order valence-corrected chi connectivity index (χ1v) is 12.2. The summed E-state index contributed by atoms with van der Waals surface area (Å²) in [6, 6.07) is 19.4. The van der Waals surface area contributed by atoms with E-state index in [1.807, 2.05) is 49.4 Å². The third kappa shape index (κ3) is 5.12. The van der Waals surface area contributed by atoms with Gasteiger partial charge < -0.3 is 20.1 Å². The van der Waals surface area contributed by atoms with E-state index < -0.39 is 6.04 Å². The van der Waals surface area contributed by atoms with Gasteiger partial charge in [-0.3, -0.25) is 4.79 Å². The van der Waals surface area contributed by atoms with Crippen molar-refractivity contribution in [3.63, 3.8) is 0 Å². The van der Waals surface area contributed by atoms with Crippen molar-refractivity contribution in [3.05, 3.63) is 105 Å². The molecule has 1 amide bonds. The molecule has 37 heavy (non-hydrogen) atoms. The maximum Gasteiger partial charge on any atom is 0.255 e. The topological polar surface area (TPSA) is 90.3 Å². The fourth-order valence-electron chi connectivity index (χ4n) is 4.17. The van der Waals surface area contributed by atoms with Gasteiger partial charge in [0.1, 0.15) is 19.0 Å². The zero-order valence-electron chi connectivity index (χ0n) is 20.0. The minimum Gasteiger partial charge on any atom is -0.493 e. The Morgan fingerprint density at radius 3 is 2.62 bits per heavy atom. The van der Waals surface area contributed by atoms with Gasteiger partial charge in [0, 0.05) is 27.0 Å². The van der Waals surface area contributed by atoms with E-state index in [1.165, 1.54) is 6.33 Å². The standard InChI is InChI=1S/C27H23Cl2N5O3/c1-16-24(26(35)33-20-10-8-19(28)9-11-20)25(34-27(32-16)30-15-31-34)17-7-12-22(23(13-17)36-2)37-14-18-5-3-4-6-21(18)29/h3-13,15,25H,14H2,1-2H3,(H,33,35)(H,30,31,32)/t25-/m1/s1. The molecule has 0 radical (unpaired) electrons. The summed E-state index contributed by atoms with van der Waals surface area (Å²) >= 11 is 12.3. The van der Waals surface area contributed by atoms with Gasteiger partial charge in [-0.15, -0.1) is 0 Å². The summed E-state index contributed by atoms with van der Waals surface area (Å²) in [7, 11) is 1.57. The number of hydrogen-bond acceptors (Lipinski definition) is 6. The van der Waals surface area contributed by atoms with Gasteiger partial charge in [-0.2, -0.15) is 10.1 Å². The Bertz CT molecular complexity index is 1480. The van der Waals surface area contributed by atoms with Crippen LogP contribution in [-0.4, -0.2) is 27.8 Å². The second kappa shape index (κ2) is 10.5. The van der Waals surface area contributed by atoms with Gasteiger partial charge in [-0.1, -0.05) is 47.5 Å². The maximum atomic E-state index is 13.5. The van der Waals surface area contributed by atoms with Crippen molar-refractivity contribution >= 4 is 40.7 Å². The predicted octanol–water partition coefficient (Wildman–Crippen LogP) is 6.10. The van der Waals surface area contributed by atoms with Crippen LogP contribution in [0.15, 0.2) is 84.3 Å². The van der Waals surface area contributed by atoms with E-state index >= 15 is 0 Å². The predicted molar refractivity (Wildman–Crippen MR) is 143 cm³/mol. The van der Waals surface area contributed by atoms with Crippen LogP contribution < -0.4 is 20.1 Å². The number of methoxy groups -OCH3 is 1. The molecule has 1 atom stereocenters. The summed E-state index contributed by atoms with van der Waals surface area (Å²) in [6.45, 7) is 2.12. The SMILES string of the molecule is COc1cc([C@@H]2C(C(=O)Nc3ccc(Cl)cc3)=C(C)Nc3ncnn32)ccc1OCc1ccccc1Cl. The monoisotopic (exact) mass is 535 g/mol. The van der Waals surface area contributed by atoms with Crippen LogP contribution >= 0.6 is 23.2 Å². The molecule has 188 valence electrons. The zero-order chi connectivity index (χ0) is 25.9. The molecular formula is C27H23Cl2N5O3. The number of halogens is 2. The Morgan fingerprint density at radius 2 is 1.86 bits per heavy atom. The molecule has 8 nitrogen and oxygen atoms in total. The molecule has 0 aliphatic carbocycles. The fraction of sp³-hybridized carbons (Fsp3) is 0.148. The molecule has 1 aromatic heterocycles. The van der Waals surface area contributed by atoms with Crippen molar-refractivity contribution < 1.29 is 14.3 Å². The average Bonchev–Trinajstić information content (AvgIpc) is 3.36. The second-order valence-electron chi connectivity index (χ2n) is 8.35. The number of benzene rings is 3. The summed E-state index contributed by atoms with van der Waals surface area (Å²) in [5.41, 5.74) is 3.41. The summed E-state index contributed by atoms with van der Waals surface area (Å²) in [6.07, 6.45) is 1.45. The third-order valence-corrected chi connectivity index (χ3v) is 6.61. The Morgan fingerprint density at radius 1 is 1.08 bits per heavy atom. The van der Waals surface area contributed by atoms with E-state index in [9.17, 15) is 4.79 Å². The maximum absolute atomic E-state index is 13.5. The number of hydrogen-bond donors (Lipinski definition) is 2. The minimum absolute atomic E-state index is 0.281. The van der Waals surface area contributed by atoms with Crippen LogP contribution in [0.4, 0.5) is 11.6 Å². The van der Waals surface area contributed by atoms with Crippen molar-refractivity contribution in [2.45, 2.75) is 19.6 Å². The van der Waals surface area contributed by atoms with Crippen molar-refractivity contribution in [2.24, 2.45) is 0 Å². The molecule has 1 aliphatic heterocycles. The fourth-order valence-corrected chi connectivity index (χ4v) is 4.49. The highest BCUT2D eigenvalue weighted by atomic mass is 35.5. The van der Waals surface area contributed by atoms with E-state index in [4.69, 9.17) is 32.7 Å². The lowest BCUT2D eigenvalue weighted by Gasteiger charge is -2.29. The summed E-state index contributed by atoms with van der Waals surface area (Å²) in [5.74, 6) is 1.31. The minimum atomic E-state index is -0.558. The number of rotatable bonds is 7. The Hall–Kier alpha value is -4.01. The number of amides is 1. The number of fused-ring (bicyclic) bond motifs is 1. The van der Waals surface area contributed by atoms with Gasteiger partial charge in [-0.05, 0) is 55.0 Å². The normalized spacial score (nSPS) is 14.5. The second-order valence-corrected chi connectivity index (χ2v) is 9.19. The lowest BCUT2D eigenvalue weighted by atomic mass is 9.94. The van der Waals surface area contributed by atoms with E-state index in [2.05, 4.69) is 20.7 Å². The molecule has 3 aromatic carbocycles. The van der Waals surface area contributed by atoms with E-state index in [-0.39, 0.29) is 12.5 Å². The summed E-state index contributed by atoms with van der Waals surface area (Å²) < 4.78 is 13.3. The molecule has 1 aliphatic rings. The average molecular weight is 536 g/mol. The molecule has 10 heteroatoms. The Kier molecular flexibility index (Phi) is 7.03. The lowest BCUT2D eigenvalue weighted by molar-refractivity contribution is -0.113. The van der Waals surface area contributed by atoms with Crippen molar-refractivity contribution in [3.8, 4) is 11.5 Å². The molecular weight excluding hydrogens is 513 g/mol. The smallest absolute Gasteiger partial charge is 0.255 e. The quantitative estimate of drug-likeness (QED) is 0.297. The first-order chi connectivity index (χ1) is 17.9. The van der Waals surface area contributed by atoms with Crippen molar-refractivity contribution in [1.29, 1.82) is 0 Å². The molecule has 0 unspecified atom stereocenters. The van der Waals surface area contributed by atoms with Gasteiger partial charge in [0.25, 0.3) is 5.91 Å². The van der Waals surface area contributed by atoms with Gasteiger partial charge in [0.15, 0.2) is 11.5 Å². The molecule has 0 fully saturated rings. The molecule has 0 bridgehead atoms. The van der Waals surface area contributed by atoms with Crippen LogP contribution in [0.25, 0.3) is 0 Å². The van der Waals surface area contributed by atoms with Crippen LogP contribution in [-0.2, 0) is 11.4 Å². The summed E-state index contributed by atoms with van der Waals surface area (Å²) in [4.78, 5) is 17.8. The molecule has 0 saturated carbocycles. The largest absolute Gasteiger partial charge is 0.493 e. The van der Waals surface area contributed by atoms with Gasteiger partial charge in [0.05, 0.1) is 12.7 Å². The summed E-state index contributed by atoms with van der Waals surface area (Å²) in [5, 5.41) is 11.7. The molecule has 4 aromatic rings. The molecule has 0 spiro atoms. The van der Waals surface area contributed by atoms with Gasteiger partial charge >= 0.3 is 0 Å². The number of ether oxygens (including phenoxy) is 2. The number of nitrogens with one attached hydrogen (secondary N) is 2. The Labute approximate surface area is 223 Å². The van der Waals surface area contributed by atoms with Crippen LogP contribution in [0.5, 0.6) is 11.5 Å². The number of allylic oxidation sites excluding steroid dienone is 1. The highest BCUT2D eigenvalue weighted by Crippen LogP contribution is 2.39. The zero-order valence-corrected chi connectivity index (χ0v) is 21.5. The molecule has 0 saturated heterocycles. The molecule has 2 N–H and O–H groups in total. The van der Waals surface area contributed by atoms with E-state index in [1.54, 1.807) is 36.1 Å². The molecule has 5 rings (SSSR count). The lowest BCUT2D eigenvalue weighted by Crippen LogP contribution is -2.31. The van der Waals surface area contributed by atoms with Crippen LogP contribution in [0.2, 0.25) is 10.0 Å². The van der Waals surface area contributed by atoms with Crippen molar-refractivity contribution in [2.75, 3.05) is 17.7 Å².